The van der Waals surface area contributed by atoms with E-state index >= 15 is 0 Å². The summed E-state index contributed by atoms with van der Waals surface area (Å²) in [4.78, 5) is 10.9. The molecule has 1 aromatic heterocycles. The van der Waals surface area contributed by atoms with Crippen molar-refractivity contribution in [3.8, 4) is 5.75 Å². The number of halogens is 2. The standard InChI is InChI=1S/C18H20F2N2O4S/c1-12-10-14(11-17(23)21(12)2)26-13-6-8-22(9-7-13)27(24,25)18-15(19)4-3-5-16(18)20/h3-5,10-11,13H,6-9H2,1-2H3. The van der Waals surface area contributed by atoms with Crippen molar-refractivity contribution in [2.24, 2.45) is 7.05 Å². The van der Waals surface area contributed by atoms with E-state index in [9.17, 15) is 22.0 Å². The van der Waals surface area contributed by atoms with Crippen LogP contribution in [0.4, 0.5) is 8.78 Å². The van der Waals surface area contributed by atoms with Crippen LogP contribution in [0, 0.1) is 18.6 Å². The molecule has 1 aromatic carbocycles. The van der Waals surface area contributed by atoms with Crippen LogP contribution in [0.25, 0.3) is 0 Å². The summed E-state index contributed by atoms with van der Waals surface area (Å²) in [6, 6.07) is 6.08. The highest BCUT2D eigenvalue weighted by molar-refractivity contribution is 7.89. The predicted molar refractivity (Wildman–Crippen MR) is 95.2 cm³/mol. The molecule has 0 radical (unpaired) electrons. The molecule has 6 nitrogen and oxygen atoms in total. The van der Waals surface area contributed by atoms with E-state index in [2.05, 4.69) is 0 Å². The third-order valence-electron chi connectivity index (χ3n) is 4.70. The Labute approximate surface area is 156 Å². The van der Waals surface area contributed by atoms with Gasteiger partial charge in [-0.05, 0) is 38.0 Å². The van der Waals surface area contributed by atoms with E-state index in [1.807, 2.05) is 0 Å². The van der Waals surface area contributed by atoms with Crippen LogP contribution in [0.3, 0.4) is 0 Å². The molecule has 0 atom stereocenters. The molecule has 2 heterocycles. The molecular formula is C18H20F2N2O4S. The van der Waals surface area contributed by atoms with Crippen molar-refractivity contribution in [1.29, 1.82) is 0 Å². The minimum atomic E-state index is -4.26. The van der Waals surface area contributed by atoms with Crippen LogP contribution >= 0.6 is 0 Å². The summed E-state index contributed by atoms with van der Waals surface area (Å²) in [6.07, 6.45) is 0.418. The molecule has 146 valence electrons. The summed E-state index contributed by atoms with van der Waals surface area (Å²) < 4.78 is 61.3. The molecule has 0 N–H and O–H groups in total. The molecule has 0 amide bonds. The summed E-state index contributed by atoms with van der Waals surface area (Å²) in [7, 11) is -2.60. The molecule has 0 bridgehead atoms. The Bertz CT molecular complexity index is 992. The van der Waals surface area contributed by atoms with Gasteiger partial charge in [0.1, 0.15) is 23.5 Å². The van der Waals surface area contributed by atoms with Crippen molar-refractivity contribution in [1.82, 2.24) is 8.87 Å². The highest BCUT2D eigenvalue weighted by Crippen LogP contribution is 2.26. The lowest BCUT2D eigenvalue weighted by Gasteiger charge is -2.31. The normalized spacial score (nSPS) is 16.4. The van der Waals surface area contributed by atoms with Crippen LogP contribution in [-0.2, 0) is 17.1 Å². The molecule has 0 spiro atoms. The van der Waals surface area contributed by atoms with Crippen LogP contribution in [0.5, 0.6) is 5.75 Å². The van der Waals surface area contributed by atoms with E-state index in [4.69, 9.17) is 4.74 Å². The SMILES string of the molecule is Cc1cc(OC2CCN(S(=O)(=O)c3c(F)cccc3F)CC2)cc(=O)n1C. The van der Waals surface area contributed by atoms with Crippen LogP contribution in [0.15, 0.2) is 40.0 Å². The molecule has 0 aliphatic carbocycles. The number of hydrogen-bond donors (Lipinski definition) is 0. The van der Waals surface area contributed by atoms with E-state index in [0.29, 0.717) is 18.6 Å². The van der Waals surface area contributed by atoms with Gasteiger partial charge in [0, 0.05) is 31.9 Å². The number of aromatic nitrogens is 1. The second-order valence-corrected chi connectivity index (χ2v) is 8.38. The maximum Gasteiger partial charge on any atom is 0.254 e. The van der Waals surface area contributed by atoms with Gasteiger partial charge in [0.2, 0.25) is 10.0 Å². The largest absolute Gasteiger partial charge is 0.490 e. The van der Waals surface area contributed by atoms with E-state index in [1.165, 1.54) is 10.6 Å². The Balaban J connectivity index is 1.71. The van der Waals surface area contributed by atoms with Gasteiger partial charge < -0.3 is 9.30 Å². The molecule has 1 aliphatic rings. The third-order valence-corrected chi connectivity index (χ3v) is 6.65. The number of pyridine rings is 1. The van der Waals surface area contributed by atoms with Gasteiger partial charge in [0.25, 0.3) is 5.56 Å². The summed E-state index contributed by atoms with van der Waals surface area (Å²) >= 11 is 0. The zero-order chi connectivity index (χ0) is 19.8. The lowest BCUT2D eigenvalue weighted by molar-refractivity contribution is 0.134. The van der Waals surface area contributed by atoms with Gasteiger partial charge in [-0.15, -0.1) is 0 Å². The van der Waals surface area contributed by atoms with Crippen LogP contribution in [0.2, 0.25) is 0 Å². The van der Waals surface area contributed by atoms with Crippen LogP contribution in [0.1, 0.15) is 18.5 Å². The van der Waals surface area contributed by atoms with E-state index in [1.54, 1.807) is 20.0 Å². The first-order valence-electron chi connectivity index (χ1n) is 8.48. The first-order chi connectivity index (χ1) is 12.7. The number of aryl methyl sites for hydroxylation is 1. The van der Waals surface area contributed by atoms with E-state index < -0.39 is 26.6 Å². The molecule has 0 unspecified atom stereocenters. The Morgan fingerprint density at radius 3 is 2.26 bits per heavy atom. The zero-order valence-corrected chi connectivity index (χ0v) is 15.8. The first kappa shape index (κ1) is 19.5. The average molecular weight is 398 g/mol. The fourth-order valence-electron chi connectivity index (χ4n) is 3.05. The summed E-state index contributed by atoms with van der Waals surface area (Å²) in [6.45, 7) is 1.93. The number of piperidine rings is 1. The Hall–Kier alpha value is -2.26. The van der Waals surface area contributed by atoms with Crippen molar-refractivity contribution in [3.63, 3.8) is 0 Å². The van der Waals surface area contributed by atoms with Gasteiger partial charge in [-0.25, -0.2) is 17.2 Å². The van der Waals surface area contributed by atoms with Crippen molar-refractivity contribution >= 4 is 10.0 Å². The molecule has 3 rings (SSSR count). The number of ether oxygens (including phenoxy) is 1. The first-order valence-corrected chi connectivity index (χ1v) is 9.92. The lowest BCUT2D eigenvalue weighted by atomic mass is 10.1. The van der Waals surface area contributed by atoms with Gasteiger partial charge in [0.15, 0.2) is 4.90 Å². The molecule has 1 aliphatic heterocycles. The average Bonchev–Trinajstić information content (AvgIpc) is 2.60. The van der Waals surface area contributed by atoms with Crippen molar-refractivity contribution < 1.29 is 21.9 Å². The van der Waals surface area contributed by atoms with Crippen LogP contribution in [-0.4, -0.2) is 36.5 Å². The molecule has 1 saturated heterocycles. The van der Waals surface area contributed by atoms with Crippen molar-refractivity contribution in [2.45, 2.75) is 30.8 Å². The topological polar surface area (TPSA) is 68.6 Å². The second kappa shape index (κ2) is 7.40. The Kier molecular flexibility index (Phi) is 5.34. The fourth-order valence-corrected chi connectivity index (χ4v) is 4.62. The minimum absolute atomic E-state index is 0.0740. The highest BCUT2D eigenvalue weighted by Gasteiger charge is 2.34. The summed E-state index contributed by atoms with van der Waals surface area (Å²) in [5.74, 6) is -1.79. The molecule has 27 heavy (non-hydrogen) atoms. The third kappa shape index (κ3) is 3.89. The number of hydrogen-bond acceptors (Lipinski definition) is 4. The fraction of sp³-hybridized carbons (Fsp3) is 0.389. The second-order valence-electron chi connectivity index (χ2n) is 6.50. The molecule has 1 fully saturated rings. The minimum Gasteiger partial charge on any atom is -0.490 e. The monoisotopic (exact) mass is 398 g/mol. The summed E-state index contributed by atoms with van der Waals surface area (Å²) in [5, 5.41) is 0. The van der Waals surface area contributed by atoms with Crippen molar-refractivity contribution in [3.05, 3.63) is 58.0 Å². The smallest absolute Gasteiger partial charge is 0.254 e. The molecular weight excluding hydrogens is 378 g/mol. The molecule has 9 heteroatoms. The lowest BCUT2D eigenvalue weighted by Crippen LogP contribution is -2.42. The number of benzene rings is 1. The van der Waals surface area contributed by atoms with Gasteiger partial charge in [-0.2, -0.15) is 4.31 Å². The van der Waals surface area contributed by atoms with Gasteiger partial charge >= 0.3 is 0 Å². The van der Waals surface area contributed by atoms with Gasteiger partial charge in [-0.3, -0.25) is 4.79 Å². The number of rotatable bonds is 4. The van der Waals surface area contributed by atoms with Crippen LogP contribution < -0.4 is 10.3 Å². The van der Waals surface area contributed by atoms with Gasteiger partial charge in [-0.1, -0.05) is 6.07 Å². The maximum absolute atomic E-state index is 13.9. The summed E-state index contributed by atoms with van der Waals surface area (Å²) in [5.41, 5.74) is 0.549. The quantitative estimate of drug-likeness (QED) is 0.792. The van der Waals surface area contributed by atoms with E-state index in [-0.39, 0.29) is 24.8 Å². The number of sulfonamides is 1. The van der Waals surface area contributed by atoms with Gasteiger partial charge in [0.05, 0.1) is 0 Å². The molecule has 0 saturated carbocycles. The van der Waals surface area contributed by atoms with Crippen molar-refractivity contribution in [2.75, 3.05) is 13.1 Å². The maximum atomic E-state index is 13.9. The Morgan fingerprint density at radius 2 is 1.70 bits per heavy atom. The number of nitrogens with zero attached hydrogens (tertiary/aromatic N) is 2. The highest BCUT2D eigenvalue weighted by atomic mass is 32.2. The Morgan fingerprint density at radius 1 is 1.11 bits per heavy atom. The van der Waals surface area contributed by atoms with E-state index in [0.717, 1.165) is 28.2 Å². The zero-order valence-electron chi connectivity index (χ0n) is 15.0. The molecule has 2 aromatic rings. The predicted octanol–water partition coefficient (Wildman–Crippen LogP) is 2.20.